The molecule has 1 saturated heterocycles. The minimum Gasteiger partial charge on any atom is -0.323 e. The van der Waals surface area contributed by atoms with Crippen LogP contribution in [0.15, 0.2) is 29.2 Å². The molecule has 1 aromatic rings. The first-order chi connectivity index (χ1) is 12.5. The third-order valence-corrected chi connectivity index (χ3v) is 5.97. The van der Waals surface area contributed by atoms with Crippen molar-refractivity contribution in [3.05, 3.63) is 24.3 Å². The van der Waals surface area contributed by atoms with Crippen molar-refractivity contribution in [3.63, 3.8) is 0 Å². The number of anilines is 1. The first kappa shape index (κ1) is 18.8. The molecule has 0 saturated carbocycles. The molecule has 2 heterocycles. The number of amides is 4. The molecular weight excluding hydrogens is 350 g/mol. The third-order valence-electron chi connectivity index (χ3n) is 4.92. The second-order valence-electron chi connectivity index (χ2n) is 6.77. The highest BCUT2D eigenvalue weighted by Crippen LogP contribution is 2.35. The highest BCUT2D eigenvalue weighted by molar-refractivity contribution is 7.99. The average molecular weight is 375 g/mol. The largest absolute Gasteiger partial charge is 0.325 e. The van der Waals surface area contributed by atoms with Gasteiger partial charge >= 0.3 is 6.03 Å². The van der Waals surface area contributed by atoms with Crippen LogP contribution in [-0.2, 0) is 9.59 Å². The molecule has 0 bridgehead atoms. The maximum Gasteiger partial charge on any atom is 0.325 e. The van der Waals surface area contributed by atoms with Crippen molar-refractivity contribution in [2.75, 3.05) is 23.7 Å². The number of para-hydroxylation sites is 1. The Morgan fingerprint density at radius 2 is 1.88 bits per heavy atom. The number of rotatable bonds is 6. The summed E-state index contributed by atoms with van der Waals surface area (Å²) in [5.41, 5.74) is 0.00505. The molecule has 26 heavy (non-hydrogen) atoms. The molecule has 0 radical (unpaired) electrons. The summed E-state index contributed by atoms with van der Waals surface area (Å²) in [7, 11) is 0. The van der Waals surface area contributed by atoms with Crippen molar-refractivity contribution in [2.45, 2.75) is 50.0 Å². The summed E-state index contributed by atoms with van der Waals surface area (Å²) in [6, 6.07) is 7.28. The van der Waals surface area contributed by atoms with E-state index in [0.717, 1.165) is 34.1 Å². The minimum atomic E-state index is -0.851. The number of imide groups is 1. The van der Waals surface area contributed by atoms with Crippen molar-refractivity contribution in [1.82, 2.24) is 10.2 Å². The molecule has 2 aliphatic rings. The van der Waals surface area contributed by atoms with Crippen LogP contribution in [0.3, 0.4) is 0 Å². The summed E-state index contributed by atoms with van der Waals surface area (Å²) in [6.07, 6.45) is 2.79. The number of hydrogen-bond donors (Lipinski definition) is 1. The summed E-state index contributed by atoms with van der Waals surface area (Å²) in [5, 5.41) is 2.86. The Labute approximate surface area is 158 Å². The Morgan fingerprint density at radius 3 is 2.58 bits per heavy atom. The first-order valence-electron chi connectivity index (χ1n) is 9.18. The van der Waals surface area contributed by atoms with Crippen LogP contribution in [-0.4, -0.2) is 47.1 Å². The number of nitrogens with one attached hydrogen (secondary N) is 1. The fraction of sp³-hybridized carbons (Fsp3) is 0.526. The number of benzene rings is 1. The molecular formula is C19H25N3O3S. The van der Waals surface area contributed by atoms with Crippen LogP contribution in [0.2, 0.25) is 0 Å². The topological polar surface area (TPSA) is 69.7 Å². The zero-order valence-corrected chi connectivity index (χ0v) is 16.1. The lowest BCUT2D eigenvalue weighted by Crippen LogP contribution is -2.48. The van der Waals surface area contributed by atoms with Gasteiger partial charge in [-0.15, -0.1) is 11.8 Å². The molecule has 0 atom stereocenters. The number of urea groups is 1. The molecule has 1 fully saturated rings. The highest BCUT2D eigenvalue weighted by Gasteiger charge is 2.50. The molecule has 1 N–H and O–H groups in total. The van der Waals surface area contributed by atoms with Crippen LogP contribution in [0.4, 0.5) is 10.5 Å². The predicted molar refractivity (Wildman–Crippen MR) is 102 cm³/mol. The molecule has 0 aromatic heterocycles. The van der Waals surface area contributed by atoms with Gasteiger partial charge in [0.2, 0.25) is 5.91 Å². The molecule has 0 aliphatic carbocycles. The third kappa shape index (κ3) is 3.32. The van der Waals surface area contributed by atoms with Crippen LogP contribution >= 0.6 is 11.8 Å². The van der Waals surface area contributed by atoms with E-state index in [2.05, 4.69) is 5.32 Å². The Bertz CT molecular complexity index is 716. The van der Waals surface area contributed by atoms with Crippen LogP contribution in [0.25, 0.3) is 0 Å². The van der Waals surface area contributed by atoms with Gasteiger partial charge in [-0.3, -0.25) is 14.5 Å². The zero-order chi connectivity index (χ0) is 18.7. The fourth-order valence-electron chi connectivity index (χ4n) is 3.79. The number of hydrogen-bond acceptors (Lipinski definition) is 4. The number of carbonyl (C=O) groups is 3. The lowest BCUT2D eigenvalue weighted by atomic mass is 9.88. The van der Waals surface area contributed by atoms with Gasteiger partial charge in [0.1, 0.15) is 12.1 Å². The predicted octanol–water partition coefficient (Wildman–Crippen LogP) is 3.02. The van der Waals surface area contributed by atoms with E-state index in [1.807, 2.05) is 38.1 Å². The van der Waals surface area contributed by atoms with Crippen molar-refractivity contribution in [3.8, 4) is 0 Å². The van der Waals surface area contributed by atoms with Gasteiger partial charge in [-0.25, -0.2) is 4.79 Å². The van der Waals surface area contributed by atoms with E-state index in [-0.39, 0.29) is 18.4 Å². The van der Waals surface area contributed by atoms with Crippen molar-refractivity contribution >= 4 is 35.3 Å². The van der Waals surface area contributed by atoms with Crippen LogP contribution in [0.5, 0.6) is 0 Å². The molecule has 140 valence electrons. The van der Waals surface area contributed by atoms with Gasteiger partial charge in [0.25, 0.3) is 5.91 Å². The summed E-state index contributed by atoms with van der Waals surface area (Å²) in [6.45, 7) is 4.36. The van der Waals surface area contributed by atoms with Gasteiger partial charge in [-0.2, -0.15) is 0 Å². The van der Waals surface area contributed by atoms with Gasteiger partial charge < -0.3 is 10.2 Å². The number of fused-ring (bicyclic) bond motifs is 1. The lowest BCUT2D eigenvalue weighted by Gasteiger charge is -2.30. The monoisotopic (exact) mass is 375 g/mol. The second kappa shape index (κ2) is 7.70. The second-order valence-corrected chi connectivity index (χ2v) is 7.90. The van der Waals surface area contributed by atoms with Crippen LogP contribution < -0.4 is 10.2 Å². The number of nitrogens with zero attached hydrogens (tertiary/aromatic N) is 2. The molecule has 7 heteroatoms. The Morgan fingerprint density at radius 1 is 1.19 bits per heavy atom. The summed E-state index contributed by atoms with van der Waals surface area (Å²) < 4.78 is 0. The summed E-state index contributed by atoms with van der Waals surface area (Å²) >= 11 is 1.71. The molecule has 1 aromatic carbocycles. The normalized spacial score (nSPS) is 18.7. The fourth-order valence-corrected chi connectivity index (χ4v) is 4.78. The van der Waals surface area contributed by atoms with Gasteiger partial charge in [0.15, 0.2) is 0 Å². The van der Waals surface area contributed by atoms with E-state index < -0.39 is 11.6 Å². The van der Waals surface area contributed by atoms with E-state index in [4.69, 9.17) is 0 Å². The lowest BCUT2D eigenvalue weighted by molar-refractivity contribution is -0.134. The van der Waals surface area contributed by atoms with E-state index in [0.29, 0.717) is 19.4 Å². The van der Waals surface area contributed by atoms with Crippen molar-refractivity contribution < 1.29 is 14.4 Å². The summed E-state index contributed by atoms with van der Waals surface area (Å²) in [5.74, 6) is 0.322. The Hall–Kier alpha value is -2.02. The van der Waals surface area contributed by atoms with Crippen molar-refractivity contribution in [2.24, 2.45) is 0 Å². The zero-order valence-electron chi connectivity index (χ0n) is 15.3. The van der Waals surface area contributed by atoms with Crippen LogP contribution in [0.1, 0.15) is 39.5 Å². The quantitative estimate of drug-likeness (QED) is 0.776. The molecule has 4 amide bonds. The van der Waals surface area contributed by atoms with Crippen LogP contribution in [0, 0.1) is 0 Å². The van der Waals surface area contributed by atoms with Crippen molar-refractivity contribution in [1.29, 1.82) is 0 Å². The number of carbonyl (C=O) groups excluding carboxylic acids is 3. The molecule has 0 spiro atoms. The van der Waals surface area contributed by atoms with E-state index in [9.17, 15) is 14.4 Å². The van der Waals surface area contributed by atoms with Gasteiger partial charge in [0.05, 0.1) is 5.69 Å². The maximum atomic E-state index is 12.9. The minimum absolute atomic E-state index is 0.209. The SMILES string of the molecule is CCCC1(CCC)NC(=O)N(CC(=O)N2CCSc3ccccc32)C1=O. The molecule has 2 aliphatic heterocycles. The molecule has 0 unspecified atom stereocenters. The Kier molecular flexibility index (Phi) is 5.55. The van der Waals surface area contributed by atoms with E-state index in [1.165, 1.54) is 0 Å². The summed E-state index contributed by atoms with van der Waals surface area (Å²) in [4.78, 5) is 42.1. The van der Waals surface area contributed by atoms with Gasteiger partial charge in [-0.05, 0) is 25.0 Å². The average Bonchev–Trinajstić information content (AvgIpc) is 2.86. The maximum absolute atomic E-state index is 12.9. The Balaban J connectivity index is 1.78. The van der Waals surface area contributed by atoms with Gasteiger partial charge in [-0.1, -0.05) is 38.8 Å². The number of thioether (sulfide) groups is 1. The van der Waals surface area contributed by atoms with E-state index >= 15 is 0 Å². The molecule has 6 nitrogen and oxygen atoms in total. The highest BCUT2D eigenvalue weighted by atomic mass is 32.2. The standard InChI is InChI=1S/C19H25N3O3S/c1-3-9-19(10-4-2)17(24)22(18(25)20-19)13-16(23)21-11-12-26-15-8-6-5-7-14(15)21/h5-8H,3-4,9-13H2,1-2H3,(H,20,25). The van der Waals surface area contributed by atoms with E-state index in [1.54, 1.807) is 16.7 Å². The smallest absolute Gasteiger partial charge is 0.323 e. The first-order valence-corrected chi connectivity index (χ1v) is 10.2. The van der Waals surface area contributed by atoms with Gasteiger partial charge in [0, 0.05) is 17.2 Å². The molecule has 3 rings (SSSR count).